The largest absolute Gasteiger partial charge is 0.505 e. The number of methoxy groups -OCH3 is 1. The van der Waals surface area contributed by atoms with Crippen LogP contribution >= 0.6 is 0 Å². The number of halogens is 1. The minimum atomic E-state index is -0.633. The molecule has 1 aliphatic heterocycles. The summed E-state index contributed by atoms with van der Waals surface area (Å²) >= 11 is 0. The number of hydrogen-bond donors (Lipinski definition) is 1. The maximum Gasteiger partial charge on any atom is 0.164 e. The van der Waals surface area contributed by atoms with Crippen molar-refractivity contribution in [2.24, 2.45) is 10.9 Å². The minimum Gasteiger partial charge on any atom is -0.505 e. The van der Waals surface area contributed by atoms with Crippen molar-refractivity contribution < 1.29 is 14.2 Å². The first kappa shape index (κ1) is 30.3. The Balaban J connectivity index is 1.65. The van der Waals surface area contributed by atoms with Gasteiger partial charge in [0.2, 0.25) is 0 Å². The number of aromatic hydroxyl groups is 1. The number of hydrogen-bond acceptors (Lipinski definition) is 5. The maximum atomic E-state index is 13.9. The van der Waals surface area contributed by atoms with Gasteiger partial charge in [-0.3, -0.25) is 9.98 Å². The quantitative estimate of drug-likeness (QED) is 0.265. The van der Waals surface area contributed by atoms with Crippen LogP contribution in [0.25, 0.3) is 11.3 Å². The minimum absolute atomic E-state index is 0.116. The lowest BCUT2D eigenvalue weighted by molar-refractivity contribution is 0.284. The third-order valence-electron chi connectivity index (χ3n) is 8.28. The average Bonchev–Trinajstić information content (AvgIpc) is 3.81. The summed E-state index contributed by atoms with van der Waals surface area (Å²) in [4.78, 5) is 12.0. The summed E-state index contributed by atoms with van der Waals surface area (Å²) in [5.74, 6) is 0.857. The van der Waals surface area contributed by atoms with E-state index in [2.05, 4.69) is 59.7 Å². The van der Waals surface area contributed by atoms with Gasteiger partial charge in [-0.05, 0) is 92.8 Å². The van der Waals surface area contributed by atoms with Gasteiger partial charge >= 0.3 is 0 Å². The van der Waals surface area contributed by atoms with Crippen LogP contribution in [0.3, 0.4) is 0 Å². The highest BCUT2D eigenvalue weighted by atomic mass is 19.1. The Labute approximate surface area is 244 Å². The molecule has 1 fully saturated rings. The number of benzene rings is 1. The Morgan fingerprint density at radius 1 is 1.29 bits per heavy atom. The molecule has 0 amide bonds. The number of aromatic nitrogens is 1. The molecular formula is C35H44FN3O2. The van der Waals surface area contributed by atoms with Crippen molar-refractivity contribution in [2.45, 2.75) is 78.6 Å². The molecule has 1 N–H and O–H groups in total. The van der Waals surface area contributed by atoms with Crippen LogP contribution in [-0.4, -0.2) is 34.9 Å². The number of nitrogens with zero attached hydrogens (tertiary/aromatic N) is 3. The van der Waals surface area contributed by atoms with Gasteiger partial charge in [0, 0.05) is 47.9 Å². The van der Waals surface area contributed by atoms with Crippen molar-refractivity contribution >= 4 is 6.21 Å². The molecule has 2 heterocycles. The molecular weight excluding hydrogens is 513 g/mol. The highest BCUT2D eigenvalue weighted by molar-refractivity contribution is 5.83. The van der Waals surface area contributed by atoms with E-state index < -0.39 is 5.82 Å². The van der Waals surface area contributed by atoms with E-state index in [-0.39, 0.29) is 11.7 Å². The van der Waals surface area contributed by atoms with Crippen LogP contribution in [0.2, 0.25) is 0 Å². The number of aliphatic imine (C=N–C) groups is 1. The van der Waals surface area contributed by atoms with Gasteiger partial charge in [-0.15, -0.1) is 0 Å². The number of rotatable bonds is 12. The predicted octanol–water partition coefficient (Wildman–Crippen LogP) is 8.93. The van der Waals surface area contributed by atoms with Crippen LogP contribution < -0.4 is 0 Å². The first-order valence-electron chi connectivity index (χ1n) is 14.8. The zero-order chi connectivity index (χ0) is 29.7. The summed E-state index contributed by atoms with van der Waals surface area (Å²) in [7, 11) is 1.67. The lowest BCUT2D eigenvalue weighted by Gasteiger charge is -2.25. The van der Waals surface area contributed by atoms with Gasteiger partial charge in [-0.1, -0.05) is 39.3 Å². The summed E-state index contributed by atoms with van der Waals surface area (Å²) in [5, 5.41) is 10.1. The number of phenols is 1. The molecule has 41 heavy (non-hydrogen) atoms. The topological polar surface area (TPSA) is 58.0 Å². The summed E-state index contributed by atoms with van der Waals surface area (Å²) in [6.45, 7) is 15.6. The van der Waals surface area contributed by atoms with Gasteiger partial charge in [-0.2, -0.15) is 0 Å². The van der Waals surface area contributed by atoms with Crippen LogP contribution in [0.1, 0.15) is 88.5 Å². The van der Waals surface area contributed by atoms with Crippen molar-refractivity contribution in [1.82, 2.24) is 9.88 Å². The Hall–Kier alpha value is -3.67. The van der Waals surface area contributed by atoms with Gasteiger partial charge in [0.05, 0.1) is 18.5 Å². The van der Waals surface area contributed by atoms with Crippen molar-refractivity contribution in [3.63, 3.8) is 0 Å². The van der Waals surface area contributed by atoms with Crippen molar-refractivity contribution in [2.75, 3.05) is 13.7 Å². The van der Waals surface area contributed by atoms with E-state index in [1.807, 2.05) is 17.2 Å². The summed E-state index contributed by atoms with van der Waals surface area (Å²) in [5.41, 5.74) is 7.89. The molecule has 1 saturated carbocycles. The normalized spacial score (nSPS) is 17.5. The Morgan fingerprint density at radius 3 is 2.68 bits per heavy atom. The van der Waals surface area contributed by atoms with E-state index >= 15 is 0 Å². The first-order chi connectivity index (χ1) is 19.7. The number of phenolic OH excluding ortho intramolecular Hbond substituents is 1. The molecule has 2 aromatic rings. The molecule has 6 heteroatoms. The molecule has 2 aliphatic rings. The molecule has 2 unspecified atom stereocenters. The Morgan fingerprint density at radius 2 is 2.05 bits per heavy atom. The predicted molar refractivity (Wildman–Crippen MR) is 166 cm³/mol. The summed E-state index contributed by atoms with van der Waals surface area (Å²) < 4.78 is 19.5. The van der Waals surface area contributed by atoms with E-state index in [9.17, 15) is 9.50 Å². The van der Waals surface area contributed by atoms with E-state index in [1.54, 1.807) is 13.2 Å². The second-order valence-corrected chi connectivity index (χ2v) is 11.4. The molecule has 1 aromatic heterocycles. The molecule has 4 rings (SSSR count). The fourth-order valence-corrected chi connectivity index (χ4v) is 5.36. The zero-order valence-corrected chi connectivity index (χ0v) is 25.4. The Kier molecular flexibility index (Phi) is 9.85. The van der Waals surface area contributed by atoms with Crippen LogP contribution in [0.5, 0.6) is 5.75 Å². The van der Waals surface area contributed by atoms with Crippen molar-refractivity contribution in [1.29, 1.82) is 0 Å². The summed E-state index contributed by atoms with van der Waals surface area (Å²) in [6.07, 6.45) is 13.5. The van der Waals surface area contributed by atoms with Crippen molar-refractivity contribution in [3.8, 4) is 17.0 Å². The monoisotopic (exact) mass is 557 g/mol. The molecule has 1 aromatic carbocycles. The fraction of sp³-hybridized carbons (Fsp3) is 0.429. The first-order valence-corrected chi connectivity index (χ1v) is 14.8. The van der Waals surface area contributed by atoms with Crippen LogP contribution in [0.15, 0.2) is 76.9 Å². The standard InChI is InChI=1S/C35H44FN3O2/c1-8-10-29(19-37-18-26-15-34(41-7)25(6)39(21-26)20-23(4)27-11-12-27)32-17-30(22(3)9-2)24(5)35(38-32)28-13-14-31(36)33(40)16-28/h13-18,20-22,27,29,40H,6,8-12,19H2,1-5,7H3/b23-20+,37-18?. The van der Waals surface area contributed by atoms with E-state index in [1.165, 1.54) is 36.1 Å². The fourth-order valence-electron chi connectivity index (χ4n) is 5.36. The van der Waals surface area contributed by atoms with E-state index in [0.29, 0.717) is 23.9 Å². The lowest BCUT2D eigenvalue weighted by atomic mass is 9.88. The van der Waals surface area contributed by atoms with E-state index in [0.717, 1.165) is 53.2 Å². The third-order valence-corrected chi connectivity index (χ3v) is 8.28. The zero-order valence-electron chi connectivity index (χ0n) is 25.4. The highest BCUT2D eigenvalue weighted by Crippen LogP contribution is 2.38. The van der Waals surface area contributed by atoms with Crippen LogP contribution in [0.4, 0.5) is 4.39 Å². The Bertz CT molecular complexity index is 1400. The van der Waals surface area contributed by atoms with Crippen molar-refractivity contribution in [3.05, 3.63) is 94.6 Å². The highest BCUT2D eigenvalue weighted by Gasteiger charge is 2.25. The second-order valence-electron chi connectivity index (χ2n) is 11.4. The molecule has 218 valence electrons. The average molecular weight is 558 g/mol. The molecule has 0 radical (unpaired) electrons. The summed E-state index contributed by atoms with van der Waals surface area (Å²) in [6, 6.07) is 6.69. The third kappa shape index (κ3) is 7.16. The second kappa shape index (κ2) is 13.3. The van der Waals surface area contributed by atoms with Crippen LogP contribution in [-0.2, 0) is 4.74 Å². The van der Waals surface area contributed by atoms with Gasteiger partial charge in [0.15, 0.2) is 11.6 Å². The smallest absolute Gasteiger partial charge is 0.164 e. The van der Waals surface area contributed by atoms with Crippen LogP contribution in [0, 0.1) is 18.7 Å². The SMILES string of the molecule is C=C1C(OC)=CC(C=NCC(CCC)c2cc(C(C)CC)c(C)c(-c3ccc(F)c(O)c3)n2)=CN1/C=C(\C)C1CC1. The number of ether oxygens (including phenoxy) is 1. The lowest BCUT2D eigenvalue weighted by Crippen LogP contribution is -2.17. The molecule has 2 atom stereocenters. The molecule has 0 saturated heterocycles. The van der Waals surface area contributed by atoms with Gasteiger partial charge < -0.3 is 14.7 Å². The molecule has 1 aliphatic carbocycles. The van der Waals surface area contributed by atoms with Gasteiger partial charge in [-0.25, -0.2) is 4.39 Å². The van der Waals surface area contributed by atoms with Gasteiger partial charge in [0.25, 0.3) is 0 Å². The van der Waals surface area contributed by atoms with Gasteiger partial charge in [0.1, 0.15) is 5.76 Å². The molecule has 0 bridgehead atoms. The molecule has 5 nitrogen and oxygen atoms in total. The molecule has 0 spiro atoms. The number of pyridine rings is 1. The maximum absolute atomic E-state index is 13.9. The van der Waals surface area contributed by atoms with E-state index in [4.69, 9.17) is 14.7 Å². The number of allylic oxidation sites excluding steroid dienone is 3.